The van der Waals surface area contributed by atoms with Gasteiger partial charge in [0.25, 0.3) is 0 Å². The molecule has 1 aromatic heterocycles. The summed E-state index contributed by atoms with van der Waals surface area (Å²) in [6, 6.07) is 2.25. The number of hydrogen-bond donors (Lipinski definition) is 1. The van der Waals surface area contributed by atoms with Crippen LogP contribution in [-0.4, -0.2) is 4.98 Å². The van der Waals surface area contributed by atoms with Crippen molar-refractivity contribution in [3.8, 4) is 0 Å². The summed E-state index contributed by atoms with van der Waals surface area (Å²) in [7, 11) is 0. The molecule has 0 fully saturated rings. The fraction of sp³-hybridized carbons (Fsp3) is 0.583. The fourth-order valence-electron chi connectivity index (χ4n) is 1.41. The van der Waals surface area contributed by atoms with E-state index in [0.717, 1.165) is 19.5 Å². The number of nitrogens with one attached hydrogen (secondary N) is 1. The standard InChI is InChI=1S/C9H12N2.C3H8/c1-2-7-3-8-5-10-6-9(8)11-4-7;1-3-2/h3-4,10H,2,5-6H2,1H3;3H2,1-2H3. The highest BCUT2D eigenvalue weighted by Crippen LogP contribution is 2.13. The molecule has 1 N–H and O–H groups in total. The summed E-state index contributed by atoms with van der Waals surface area (Å²) < 4.78 is 0. The van der Waals surface area contributed by atoms with Gasteiger partial charge in [0, 0.05) is 19.3 Å². The largest absolute Gasteiger partial charge is 0.307 e. The Balaban J connectivity index is 0.000000293. The lowest BCUT2D eigenvalue weighted by Gasteiger charge is -1.99. The van der Waals surface area contributed by atoms with Crippen LogP contribution in [0.4, 0.5) is 0 Å². The molecule has 0 amide bonds. The van der Waals surface area contributed by atoms with Crippen LogP contribution in [0.2, 0.25) is 0 Å². The molecule has 1 aliphatic rings. The number of rotatable bonds is 1. The molecule has 0 aromatic carbocycles. The Morgan fingerprint density at radius 2 is 2.00 bits per heavy atom. The number of aromatic nitrogens is 1. The molecule has 0 saturated carbocycles. The molecule has 0 spiro atoms. The van der Waals surface area contributed by atoms with E-state index in [9.17, 15) is 0 Å². The Hall–Kier alpha value is -0.890. The minimum absolute atomic E-state index is 0.944. The Bertz CT molecular complexity index is 282. The average molecular weight is 192 g/mol. The van der Waals surface area contributed by atoms with E-state index in [2.05, 4.69) is 37.1 Å². The molecular formula is C12H20N2. The summed E-state index contributed by atoms with van der Waals surface area (Å²) in [5.74, 6) is 0. The molecule has 2 heteroatoms. The van der Waals surface area contributed by atoms with Crippen LogP contribution in [0.25, 0.3) is 0 Å². The average Bonchev–Trinajstić information content (AvgIpc) is 2.65. The van der Waals surface area contributed by atoms with Crippen molar-refractivity contribution >= 4 is 0 Å². The van der Waals surface area contributed by atoms with E-state index >= 15 is 0 Å². The maximum atomic E-state index is 4.37. The summed E-state index contributed by atoms with van der Waals surface area (Å²) in [4.78, 5) is 4.37. The molecule has 78 valence electrons. The zero-order chi connectivity index (χ0) is 10.4. The fourth-order valence-corrected chi connectivity index (χ4v) is 1.41. The smallest absolute Gasteiger partial charge is 0.0586 e. The van der Waals surface area contributed by atoms with Gasteiger partial charge in [-0.05, 0) is 17.5 Å². The molecule has 0 unspecified atom stereocenters. The number of pyridine rings is 1. The molecule has 1 aliphatic heterocycles. The SMILES string of the molecule is CCC.CCc1cnc2c(c1)CNC2. The Morgan fingerprint density at radius 3 is 2.64 bits per heavy atom. The van der Waals surface area contributed by atoms with Gasteiger partial charge in [-0.1, -0.05) is 33.3 Å². The normalized spacial score (nSPS) is 13.1. The summed E-state index contributed by atoms with van der Waals surface area (Å²) in [6.45, 7) is 8.35. The van der Waals surface area contributed by atoms with Gasteiger partial charge in [-0.3, -0.25) is 4.98 Å². The molecule has 2 rings (SSSR count). The first-order valence-corrected chi connectivity index (χ1v) is 5.49. The van der Waals surface area contributed by atoms with Gasteiger partial charge in [0.1, 0.15) is 0 Å². The van der Waals surface area contributed by atoms with E-state index in [1.54, 1.807) is 0 Å². The molecule has 0 aliphatic carbocycles. The van der Waals surface area contributed by atoms with Crippen molar-refractivity contribution in [2.24, 2.45) is 0 Å². The third-order valence-electron chi connectivity index (χ3n) is 2.13. The molecule has 2 nitrogen and oxygen atoms in total. The highest BCUT2D eigenvalue weighted by Gasteiger charge is 2.10. The van der Waals surface area contributed by atoms with Crippen molar-refractivity contribution in [2.75, 3.05) is 0 Å². The van der Waals surface area contributed by atoms with Crippen LogP contribution in [0.15, 0.2) is 12.3 Å². The third kappa shape index (κ3) is 2.81. The third-order valence-corrected chi connectivity index (χ3v) is 2.13. The van der Waals surface area contributed by atoms with Crippen LogP contribution in [0.1, 0.15) is 44.0 Å². The van der Waals surface area contributed by atoms with Gasteiger partial charge < -0.3 is 5.32 Å². The number of nitrogens with zero attached hydrogens (tertiary/aromatic N) is 1. The number of fused-ring (bicyclic) bond motifs is 1. The molecular weight excluding hydrogens is 172 g/mol. The van der Waals surface area contributed by atoms with Gasteiger partial charge in [0.2, 0.25) is 0 Å². The zero-order valence-electron chi connectivity index (χ0n) is 9.43. The van der Waals surface area contributed by atoms with Crippen molar-refractivity contribution in [2.45, 2.75) is 46.7 Å². The lowest BCUT2D eigenvalue weighted by molar-refractivity contribution is 0.757. The zero-order valence-corrected chi connectivity index (χ0v) is 9.43. The Morgan fingerprint density at radius 1 is 1.29 bits per heavy atom. The van der Waals surface area contributed by atoms with E-state index in [-0.39, 0.29) is 0 Å². The van der Waals surface area contributed by atoms with Gasteiger partial charge in [-0.2, -0.15) is 0 Å². The second-order valence-corrected chi connectivity index (χ2v) is 3.61. The van der Waals surface area contributed by atoms with Crippen LogP contribution >= 0.6 is 0 Å². The molecule has 0 radical (unpaired) electrons. The molecule has 0 saturated heterocycles. The van der Waals surface area contributed by atoms with Crippen molar-refractivity contribution in [1.82, 2.24) is 10.3 Å². The molecule has 2 heterocycles. The number of hydrogen-bond acceptors (Lipinski definition) is 2. The van der Waals surface area contributed by atoms with E-state index in [1.165, 1.54) is 23.2 Å². The molecule has 0 atom stereocenters. The summed E-state index contributed by atoms with van der Waals surface area (Å²) in [6.07, 6.45) is 4.31. The highest BCUT2D eigenvalue weighted by atomic mass is 14.9. The maximum Gasteiger partial charge on any atom is 0.0586 e. The highest BCUT2D eigenvalue weighted by molar-refractivity contribution is 5.27. The first kappa shape index (κ1) is 11.2. The first-order chi connectivity index (χ1) is 6.81. The van der Waals surface area contributed by atoms with Crippen LogP contribution < -0.4 is 5.32 Å². The molecule has 1 aromatic rings. The predicted molar refractivity (Wildman–Crippen MR) is 60.1 cm³/mol. The molecule has 14 heavy (non-hydrogen) atoms. The summed E-state index contributed by atoms with van der Waals surface area (Å²) >= 11 is 0. The monoisotopic (exact) mass is 192 g/mol. The first-order valence-electron chi connectivity index (χ1n) is 5.49. The topological polar surface area (TPSA) is 24.9 Å². The second kappa shape index (κ2) is 5.76. The van der Waals surface area contributed by atoms with Gasteiger partial charge in [-0.25, -0.2) is 0 Å². The molecule has 0 bridgehead atoms. The Labute approximate surface area is 86.8 Å². The predicted octanol–water partition coefficient (Wildman–Crippen LogP) is 2.66. The van der Waals surface area contributed by atoms with Crippen LogP contribution in [0.5, 0.6) is 0 Å². The number of aryl methyl sites for hydroxylation is 1. The lowest BCUT2D eigenvalue weighted by Crippen LogP contribution is -2.00. The van der Waals surface area contributed by atoms with Crippen molar-refractivity contribution in [3.63, 3.8) is 0 Å². The van der Waals surface area contributed by atoms with E-state index in [1.807, 2.05) is 6.20 Å². The summed E-state index contributed by atoms with van der Waals surface area (Å²) in [5.41, 5.74) is 3.94. The van der Waals surface area contributed by atoms with E-state index in [0.29, 0.717) is 0 Å². The van der Waals surface area contributed by atoms with Crippen LogP contribution in [-0.2, 0) is 19.5 Å². The minimum Gasteiger partial charge on any atom is -0.307 e. The van der Waals surface area contributed by atoms with Gasteiger partial charge in [0.15, 0.2) is 0 Å². The quantitative estimate of drug-likeness (QED) is 0.740. The van der Waals surface area contributed by atoms with Gasteiger partial charge in [-0.15, -0.1) is 0 Å². The van der Waals surface area contributed by atoms with Crippen molar-refractivity contribution in [3.05, 3.63) is 29.1 Å². The lowest BCUT2D eigenvalue weighted by atomic mass is 10.1. The summed E-state index contributed by atoms with van der Waals surface area (Å²) in [5, 5.41) is 3.28. The van der Waals surface area contributed by atoms with Gasteiger partial charge in [0.05, 0.1) is 5.69 Å². The van der Waals surface area contributed by atoms with E-state index in [4.69, 9.17) is 0 Å². The minimum atomic E-state index is 0.944. The van der Waals surface area contributed by atoms with Crippen molar-refractivity contribution < 1.29 is 0 Å². The van der Waals surface area contributed by atoms with Crippen LogP contribution in [0.3, 0.4) is 0 Å². The maximum absolute atomic E-state index is 4.37. The van der Waals surface area contributed by atoms with Crippen LogP contribution in [0, 0.1) is 0 Å². The Kier molecular flexibility index (Phi) is 4.60. The van der Waals surface area contributed by atoms with Gasteiger partial charge >= 0.3 is 0 Å². The van der Waals surface area contributed by atoms with E-state index < -0.39 is 0 Å². The van der Waals surface area contributed by atoms with Crippen molar-refractivity contribution in [1.29, 1.82) is 0 Å². The second-order valence-electron chi connectivity index (χ2n) is 3.61.